The first kappa shape index (κ1) is 23.1. The minimum atomic E-state index is -4.57. The number of fused-ring (bicyclic) bond motifs is 1. The molecular weight excluding hydrogens is 455 g/mol. The molecule has 9 nitrogen and oxygen atoms in total. The number of aliphatic hydroxyl groups excluding tert-OH is 2. The van der Waals surface area contributed by atoms with Crippen molar-refractivity contribution in [1.82, 2.24) is 19.6 Å². The molecule has 0 saturated heterocycles. The predicted molar refractivity (Wildman–Crippen MR) is 114 cm³/mol. The summed E-state index contributed by atoms with van der Waals surface area (Å²) in [5.41, 5.74) is -0.702. The largest absolute Gasteiger partial charge is 0.475 e. The van der Waals surface area contributed by atoms with Crippen LogP contribution in [-0.2, 0) is 6.18 Å². The maximum absolute atomic E-state index is 13.4. The Morgan fingerprint density at radius 2 is 1.94 bits per heavy atom. The number of carbonyl (C=O) groups excluding carboxylic acids is 1. The van der Waals surface area contributed by atoms with Gasteiger partial charge in [0.05, 0.1) is 17.9 Å². The van der Waals surface area contributed by atoms with Crippen LogP contribution in [-0.4, -0.2) is 55.0 Å². The van der Waals surface area contributed by atoms with E-state index in [1.165, 1.54) is 59.2 Å². The van der Waals surface area contributed by atoms with Crippen LogP contribution in [0.3, 0.4) is 0 Å². The summed E-state index contributed by atoms with van der Waals surface area (Å²) in [4.78, 5) is 20.9. The van der Waals surface area contributed by atoms with E-state index in [2.05, 4.69) is 20.4 Å². The minimum absolute atomic E-state index is 0.0178. The van der Waals surface area contributed by atoms with E-state index in [-0.39, 0.29) is 40.9 Å². The third-order valence-electron chi connectivity index (χ3n) is 4.70. The number of alkyl halides is 3. The number of carbonyl (C=O) groups is 1. The third kappa shape index (κ3) is 4.97. The molecule has 0 unspecified atom stereocenters. The first-order valence-corrected chi connectivity index (χ1v) is 9.98. The SMILES string of the molecule is O=C(Nc1ccnc2cc(-c3ccccc3C(F)(F)F)nn12)c1cccc(OC[C@H](O)CO)n1. The van der Waals surface area contributed by atoms with Crippen LogP contribution in [0.1, 0.15) is 16.1 Å². The van der Waals surface area contributed by atoms with E-state index >= 15 is 0 Å². The van der Waals surface area contributed by atoms with Crippen LogP contribution in [0.25, 0.3) is 16.9 Å². The average molecular weight is 473 g/mol. The molecule has 4 aromatic rings. The van der Waals surface area contributed by atoms with Gasteiger partial charge < -0.3 is 20.3 Å². The molecule has 0 bridgehead atoms. The number of nitrogens with one attached hydrogen (secondary N) is 1. The topological polar surface area (TPSA) is 122 Å². The van der Waals surface area contributed by atoms with Gasteiger partial charge >= 0.3 is 6.18 Å². The lowest BCUT2D eigenvalue weighted by Crippen LogP contribution is -2.22. The zero-order valence-corrected chi connectivity index (χ0v) is 17.4. The maximum atomic E-state index is 13.4. The highest BCUT2D eigenvalue weighted by Crippen LogP contribution is 2.36. The van der Waals surface area contributed by atoms with Gasteiger partial charge in [-0.2, -0.15) is 22.8 Å². The normalized spacial score (nSPS) is 12.5. The van der Waals surface area contributed by atoms with E-state index in [0.29, 0.717) is 0 Å². The van der Waals surface area contributed by atoms with Crippen molar-refractivity contribution in [2.24, 2.45) is 0 Å². The molecule has 0 spiro atoms. The van der Waals surface area contributed by atoms with Gasteiger partial charge in [-0.05, 0) is 18.2 Å². The van der Waals surface area contributed by atoms with Crippen molar-refractivity contribution in [3.8, 4) is 17.1 Å². The third-order valence-corrected chi connectivity index (χ3v) is 4.70. The van der Waals surface area contributed by atoms with E-state index < -0.39 is 30.4 Å². The zero-order valence-electron chi connectivity index (χ0n) is 17.4. The summed E-state index contributed by atoms with van der Waals surface area (Å²) in [6.07, 6.45) is -4.28. The number of aromatic nitrogens is 4. The molecular formula is C22H18F3N5O4. The van der Waals surface area contributed by atoms with Crippen molar-refractivity contribution in [3.05, 3.63) is 72.1 Å². The van der Waals surface area contributed by atoms with E-state index in [1.54, 1.807) is 0 Å². The van der Waals surface area contributed by atoms with E-state index in [9.17, 15) is 23.1 Å². The molecule has 1 aromatic carbocycles. The van der Waals surface area contributed by atoms with Crippen LogP contribution in [0.2, 0.25) is 0 Å². The van der Waals surface area contributed by atoms with Crippen LogP contribution in [0.4, 0.5) is 19.0 Å². The molecule has 0 aliphatic rings. The van der Waals surface area contributed by atoms with Gasteiger partial charge in [-0.1, -0.05) is 24.3 Å². The second-order valence-corrected chi connectivity index (χ2v) is 7.14. The Hall–Kier alpha value is -4.03. The Bertz CT molecular complexity index is 1330. The summed E-state index contributed by atoms with van der Waals surface area (Å²) in [6.45, 7) is -0.702. The first-order valence-electron chi connectivity index (χ1n) is 9.98. The number of hydrogen-bond acceptors (Lipinski definition) is 7. The Kier molecular flexibility index (Phi) is 6.43. The Morgan fingerprint density at radius 1 is 1.15 bits per heavy atom. The number of nitrogens with zero attached hydrogens (tertiary/aromatic N) is 4. The molecule has 12 heteroatoms. The Labute approximate surface area is 190 Å². The molecule has 0 saturated carbocycles. The summed E-state index contributed by atoms with van der Waals surface area (Å²) in [7, 11) is 0. The fraction of sp³-hybridized carbons (Fsp3) is 0.182. The molecule has 1 atom stereocenters. The molecule has 3 aromatic heterocycles. The van der Waals surface area contributed by atoms with Crippen molar-refractivity contribution in [1.29, 1.82) is 0 Å². The zero-order chi connectivity index (χ0) is 24.3. The Balaban J connectivity index is 1.61. The van der Waals surface area contributed by atoms with Crippen LogP contribution in [0.5, 0.6) is 5.88 Å². The second-order valence-electron chi connectivity index (χ2n) is 7.14. The summed E-state index contributed by atoms with van der Waals surface area (Å²) in [5.74, 6) is -0.409. The molecule has 0 aliphatic heterocycles. The molecule has 0 aliphatic carbocycles. The van der Waals surface area contributed by atoms with Crippen molar-refractivity contribution < 1.29 is 32.9 Å². The van der Waals surface area contributed by atoms with Gasteiger partial charge in [0.15, 0.2) is 5.65 Å². The molecule has 176 valence electrons. The number of rotatable bonds is 7. The number of ether oxygens (including phenoxy) is 1. The maximum Gasteiger partial charge on any atom is 0.417 e. The molecule has 4 rings (SSSR count). The predicted octanol–water partition coefficient (Wildman–Crippen LogP) is 2.79. The number of hydrogen-bond donors (Lipinski definition) is 3. The number of amides is 1. The van der Waals surface area contributed by atoms with E-state index in [0.717, 1.165) is 6.07 Å². The van der Waals surface area contributed by atoms with E-state index in [1.807, 2.05) is 0 Å². The lowest BCUT2D eigenvalue weighted by molar-refractivity contribution is -0.137. The van der Waals surface area contributed by atoms with Gasteiger partial charge in [0.2, 0.25) is 5.88 Å². The van der Waals surface area contributed by atoms with Crippen LogP contribution < -0.4 is 10.1 Å². The number of pyridine rings is 1. The lowest BCUT2D eigenvalue weighted by Gasteiger charge is -2.11. The number of benzene rings is 1. The van der Waals surface area contributed by atoms with Gasteiger partial charge in [0, 0.05) is 23.9 Å². The first-order chi connectivity index (χ1) is 16.3. The number of aliphatic hydroxyl groups is 2. The molecule has 0 fully saturated rings. The van der Waals surface area contributed by atoms with Crippen LogP contribution in [0, 0.1) is 0 Å². The minimum Gasteiger partial charge on any atom is -0.475 e. The van der Waals surface area contributed by atoms with E-state index in [4.69, 9.17) is 9.84 Å². The van der Waals surface area contributed by atoms with Gasteiger partial charge in [-0.15, -0.1) is 0 Å². The Morgan fingerprint density at radius 3 is 2.71 bits per heavy atom. The van der Waals surface area contributed by atoms with Gasteiger partial charge in [0.25, 0.3) is 5.91 Å². The van der Waals surface area contributed by atoms with Crippen molar-refractivity contribution in [2.75, 3.05) is 18.5 Å². The average Bonchev–Trinajstić information content (AvgIpc) is 3.27. The quantitative estimate of drug-likeness (QED) is 0.377. The van der Waals surface area contributed by atoms with Crippen molar-refractivity contribution >= 4 is 17.4 Å². The van der Waals surface area contributed by atoms with Gasteiger partial charge in [-0.25, -0.2) is 9.97 Å². The van der Waals surface area contributed by atoms with Crippen molar-refractivity contribution in [2.45, 2.75) is 12.3 Å². The highest BCUT2D eigenvalue weighted by Gasteiger charge is 2.34. The fourth-order valence-electron chi connectivity index (χ4n) is 3.11. The summed E-state index contributed by atoms with van der Waals surface area (Å²) < 4.78 is 46.8. The molecule has 3 heterocycles. The van der Waals surface area contributed by atoms with Gasteiger partial charge in [-0.3, -0.25) is 4.79 Å². The number of anilines is 1. The highest BCUT2D eigenvalue weighted by atomic mass is 19.4. The van der Waals surface area contributed by atoms with Crippen molar-refractivity contribution in [3.63, 3.8) is 0 Å². The molecule has 34 heavy (non-hydrogen) atoms. The van der Waals surface area contributed by atoms with Gasteiger partial charge in [0.1, 0.15) is 24.2 Å². The van der Waals surface area contributed by atoms with Crippen LogP contribution in [0.15, 0.2) is 60.8 Å². The summed E-state index contributed by atoms with van der Waals surface area (Å²) >= 11 is 0. The smallest absolute Gasteiger partial charge is 0.417 e. The lowest BCUT2D eigenvalue weighted by atomic mass is 10.0. The highest BCUT2D eigenvalue weighted by molar-refractivity contribution is 6.02. The number of halogens is 3. The molecule has 3 N–H and O–H groups in total. The summed E-state index contributed by atoms with van der Waals surface area (Å²) in [5, 5.41) is 25.1. The molecule has 1 amide bonds. The standard InChI is InChI=1S/C22H18F3N5O4/c23-22(24,25)15-5-2-1-4-14(15)17-10-19-26-9-8-18(30(19)29-17)28-21(33)16-6-3-7-20(27-16)34-12-13(32)11-31/h1-10,13,31-32H,11-12H2,(H,28,33)/t13-/m1/s1. The summed E-state index contributed by atoms with van der Waals surface area (Å²) in [6, 6.07) is 12.3. The molecule has 0 radical (unpaired) electrons. The second kappa shape index (κ2) is 9.45. The van der Waals surface area contributed by atoms with Crippen LogP contribution >= 0.6 is 0 Å². The fourth-order valence-corrected chi connectivity index (χ4v) is 3.11. The monoisotopic (exact) mass is 473 g/mol.